The zero-order valence-electron chi connectivity index (χ0n) is 24.0. The van der Waals surface area contributed by atoms with E-state index in [1.165, 1.54) is 32.1 Å². The first-order valence-electron chi connectivity index (χ1n) is 14.3. The molecule has 1 atom stereocenters. The van der Waals surface area contributed by atoms with Gasteiger partial charge in [-0.15, -0.1) is 0 Å². The smallest absolute Gasteiger partial charge is 0.336 e. The van der Waals surface area contributed by atoms with E-state index in [1.54, 1.807) is 31.2 Å². The van der Waals surface area contributed by atoms with E-state index < -0.39 is 12.3 Å². The van der Waals surface area contributed by atoms with Crippen LogP contribution in [0.1, 0.15) is 89.7 Å². The molecule has 0 aliphatic carbocycles. The van der Waals surface area contributed by atoms with E-state index >= 15 is 0 Å². The van der Waals surface area contributed by atoms with Crippen molar-refractivity contribution in [2.75, 3.05) is 13.4 Å². The summed E-state index contributed by atoms with van der Waals surface area (Å²) >= 11 is 0. The number of esters is 1. The van der Waals surface area contributed by atoms with Crippen molar-refractivity contribution in [3.8, 4) is 29.1 Å². The molecule has 0 spiro atoms. The molecule has 1 unspecified atom stereocenters. The number of allylic oxidation sites excluding steroid dienone is 1. The van der Waals surface area contributed by atoms with Gasteiger partial charge in [0.05, 0.1) is 18.2 Å². The Morgan fingerprint density at radius 2 is 1.73 bits per heavy atom. The van der Waals surface area contributed by atoms with Crippen LogP contribution in [-0.4, -0.2) is 25.7 Å². The third-order valence-electron chi connectivity index (χ3n) is 6.52. The van der Waals surface area contributed by atoms with Gasteiger partial charge in [0.25, 0.3) is 0 Å². The van der Waals surface area contributed by atoms with Crippen LogP contribution in [0.2, 0.25) is 0 Å². The number of carbonyl (C=O) groups is 1. The van der Waals surface area contributed by atoms with E-state index in [9.17, 15) is 10.1 Å². The molecule has 0 amide bonds. The normalized spacial score (nSPS) is 12.9. The molecular weight excluding hydrogens is 506 g/mol. The van der Waals surface area contributed by atoms with Crippen LogP contribution in [-0.2, 0) is 9.53 Å². The van der Waals surface area contributed by atoms with Crippen LogP contribution >= 0.6 is 0 Å². The molecule has 1 aliphatic heterocycles. The van der Waals surface area contributed by atoms with Gasteiger partial charge in [0, 0.05) is 12.0 Å². The van der Waals surface area contributed by atoms with Crippen molar-refractivity contribution >= 4 is 17.6 Å². The largest absolute Gasteiger partial charge is 0.490 e. The Balaban J connectivity index is 1.72. The summed E-state index contributed by atoms with van der Waals surface area (Å²) < 4.78 is 28.5. The van der Waals surface area contributed by atoms with Crippen molar-refractivity contribution < 1.29 is 28.5 Å². The number of benzene rings is 2. The van der Waals surface area contributed by atoms with Crippen LogP contribution in [0.5, 0.6) is 23.0 Å². The van der Waals surface area contributed by atoms with Crippen LogP contribution in [0.4, 0.5) is 0 Å². The predicted octanol–water partition coefficient (Wildman–Crippen LogP) is 8.23. The molecule has 0 fully saturated rings. The predicted molar refractivity (Wildman–Crippen MR) is 156 cm³/mol. The van der Waals surface area contributed by atoms with Crippen molar-refractivity contribution in [3.05, 3.63) is 59.7 Å². The molecule has 7 heteroatoms. The number of unbranched alkanes of at least 4 members (excludes halogenated alkanes) is 7. The van der Waals surface area contributed by atoms with Crippen LogP contribution in [0, 0.1) is 11.3 Å². The molecule has 0 saturated heterocycles. The number of rotatable bonds is 17. The fraction of sp³-hybridized carbons (Fsp3) is 0.455. The number of carbonyl (C=O) groups excluding carboxylic acids is 1. The average Bonchev–Trinajstić information content (AvgIpc) is 3.42. The average molecular weight is 548 g/mol. The Labute approximate surface area is 238 Å². The van der Waals surface area contributed by atoms with Crippen molar-refractivity contribution in [3.63, 3.8) is 0 Å². The lowest BCUT2D eigenvalue weighted by atomic mass is 10.0. The molecule has 0 N–H and O–H groups in total. The minimum atomic E-state index is -0.756. The molecule has 2 aromatic rings. The highest BCUT2D eigenvalue weighted by molar-refractivity contribution is 5.90. The van der Waals surface area contributed by atoms with Crippen molar-refractivity contribution in [1.29, 1.82) is 5.26 Å². The lowest BCUT2D eigenvalue weighted by Crippen LogP contribution is -2.25. The van der Waals surface area contributed by atoms with Crippen molar-refractivity contribution in [1.82, 2.24) is 0 Å². The minimum Gasteiger partial charge on any atom is -0.490 e. The number of nitrogens with zero attached hydrogens (tertiary/aromatic N) is 1. The summed E-state index contributed by atoms with van der Waals surface area (Å²) in [7, 11) is 0. The molecule has 0 aromatic heterocycles. The fourth-order valence-corrected chi connectivity index (χ4v) is 4.34. The number of ether oxygens (including phenoxy) is 5. The highest BCUT2D eigenvalue weighted by Crippen LogP contribution is 2.36. The maximum atomic E-state index is 12.3. The molecule has 2 aromatic carbocycles. The lowest BCUT2D eigenvalue weighted by molar-refractivity contribution is -0.159. The monoisotopic (exact) mass is 547 g/mol. The molecule has 40 heavy (non-hydrogen) atoms. The van der Waals surface area contributed by atoms with Gasteiger partial charge in [0.15, 0.2) is 23.0 Å². The molecule has 7 nitrogen and oxygen atoms in total. The molecule has 3 rings (SSSR count). The summed E-state index contributed by atoms with van der Waals surface area (Å²) in [4.78, 5) is 12.3. The Kier molecular flexibility index (Phi) is 12.4. The zero-order valence-corrected chi connectivity index (χ0v) is 24.0. The molecule has 0 saturated carbocycles. The minimum absolute atomic E-state index is 0.172. The third-order valence-corrected chi connectivity index (χ3v) is 6.52. The van der Waals surface area contributed by atoms with Crippen LogP contribution in [0.25, 0.3) is 11.6 Å². The fourth-order valence-electron chi connectivity index (χ4n) is 4.34. The lowest BCUT2D eigenvalue weighted by Gasteiger charge is -2.21. The Morgan fingerprint density at radius 3 is 2.42 bits per heavy atom. The molecule has 214 valence electrons. The summed E-state index contributed by atoms with van der Waals surface area (Å²) in [6, 6.07) is 13.1. The summed E-state index contributed by atoms with van der Waals surface area (Å²) in [6.45, 7) is 10.0. The molecule has 1 heterocycles. The Hall–Kier alpha value is -3.92. The van der Waals surface area contributed by atoms with Gasteiger partial charge in [-0.1, -0.05) is 64.5 Å². The molecule has 1 aliphatic rings. The maximum absolute atomic E-state index is 12.3. The van der Waals surface area contributed by atoms with Gasteiger partial charge in [0.2, 0.25) is 13.1 Å². The summed E-state index contributed by atoms with van der Waals surface area (Å²) in [5.74, 6) is 1.77. The maximum Gasteiger partial charge on any atom is 0.336 e. The molecular formula is C33H41NO6. The zero-order chi connectivity index (χ0) is 28.7. The summed E-state index contributed by atoms with van der Waals surface area (Å²) in [5, 5.41) is 9.84. The van der Waals surface area contributed by atoms with Crippen LogP contribution in [0.3, 0.4) is 0 Å². The van der Waals surface area contributed by atoms with E-state index in [0.717, 1.165) is 30.4 Å². The van der Waals surface area contributed by atoms with Gasteiger partial charge in [-0.25, -0.2) is 4.79 Å². The third kappa shape index (κ3) is 9.37. The van der Waals surface area contributed by atoms with Crippen LogP contribution in [0.15, 0.2) is 48.6 Å². The Bertz CT molecular complexity index is 1210. The highest BCUT2D eigenvalue weighted by Gasteiger charge is 2.20. The SMILES string of the molecule is C=C(C)C(=O)OC(CCCCCCCCCC)Oc1ccc(/C=C(\C#N)c2ccc3c(c2)OCO3)cc1OCC. The standard InChI is InChI=1S/C33H41NO6/c1-5-7-8-9-10-11-12-13-14-32(40-33(35)24(3)4)39-29-17-15-25(20-30(29)36-6-2)19-27(22-34)26-16-18-28-31(21-26)38-23-37-28/h15-21,32H,3,5-14,23H2,1-2,4H3/b27-19+. The van der Waals surface area contributed by atoms with E-state index in [4.69, 9.17) is 23.7 Å². The van der Waals surface area contributed by atoms with Gasteiger partial charge in [-0.3, -0.25) is 0 Å². The summed E-state index contributed by atoms with van der Waals surface area (Å²) in [5.41, 5.74) is 2.28. The molecule has 0 radical (unpaired) electrons. The Morgan fingerprint density at radius 1 is 1.00 bits per heavy atom. The number of nitriles is 1. The second-order valence-corrected chi connectivity index (χ2v) is 9.87. The van der Waals surface area contributed by atoms with Crippen LogP contribution < -0.4 is 18.9 Å². The summed E-state index contributed by atoms with van der Waals surface area (Å²) in [6.07, 6.45) is 11.0. The van der Waals surface area contributed by atoms with Crippen molar-refractivity contribution in [2.45, 2.75) is 84.8 Å². The van der Waals surface area contributed by atoms with Gasteiger partial charge < -0.3 is 23.7 Å². The van der Waals surface area contributed by atoms with E-state index in [1.807, 2.05) is 25.1 Å². The van der Waals surface area contributed by atoms with Gasteiger partial charge in [-0.2, -0.15) is 5.26 Å². The first-order valence-corrected chi connectivity index (χ1v) is 14.3. The number of fused-ring (bicyclic) bond motifs is 1. The van der Waals surface area contributed by atoms with Gasteiger partial charge >= 0.3 is 5.97 Å². The van der Waals surface area contributed by atoms with E-state index in [2.05, 4.69) is 19.6 Å². The van der Waals surface area contributed by atoms with Crippen molar-refractivity contribution in [2.24, 2.45) is 0 Å². The topological polar surface area (TPSA) is 87.0 Å². The second-order valence-electron chi connectivity index (χ2n) is 9.87. The van der Waals surface area contributed by atoms with Gasteiger partial charge in [0.1, 0.15) is 0 Å². The number of hydrogen-bond donors (Lipinski definition) is 0. The van der Waals surface area contributed by atoms with Gasteiger partial charge in [-0.05, 0) is 67.8 Å². The van der Waals surface area contributed by atoms with E-state index in [0.29, 0.717) is 47.2 Å². The highest BCUT2D eigenvalue weighted by atomic mass is 16.7. The number of hydrogen-bond acceptors (Lipinski definition) is 7. The first-order chi connectivity index (χ1) is 19.4. The second kappa shape index (κ2) is 16.2. The molecule has 0 bridgehead atoms. The van der Waals surface area contributed by atoms with E-state index in [-0.39, 0.29) is 6.79 Å². The first kappa shape index (κ1) is 30.6. The quantitative estimate of drug-likeness (QED) is 0.0492.